The van der Waals surface area contributed by atoms with Crippen molar-refractivity contribution in [3.63, 3.8) is 0 Å². The van der Waals surface area contributed by atoms with Crippen LogP contribution in [0.25, 0.3) is 5.82 Å². The van der Waals surface area contributed by atoms with Crippen LogP contribution in [-0.2, 0) is 0 Å². The van der Waals surface area contributed by atoms with Crippen molar-refractivity contribution in [2.75, 3.05) is 5.32 Å². The van der Waals surface area contributed by atoms with Gasteiger partial charge in [-0.2, -0.15) is 15.0 Å². The number of carbonyl (C=O) groups is 1. The first-order valence-electron chi connectivity index (χ1n) is 6.04. The average Bonchev–Trinajstić information content (AvgIpc) is 3.17. The van der Waals surface area contributed by atoms with Gasteiger partial charge < -0.3 is 5.32 Å². The quantitative estimate of drug-likeness (QED) is 0.804. The summed E-state index contributed by atoms with van der Waals surface area (Å²) in [5.41, 5.74) is 0.283. The van der Waals surface area contributed by atoms with E-state index in [-0.39, 0.29) is 11.5 Å². The monoisotopic (exact) mass is 295 g/mol. The van der Waals surface area contributed by atoms with Gasteiger partial charge in [-0.15, -0.1) is 11.3 Å². The third-order valence-electron chi connectivity index (χ3n) is 2.73. The molecule has 0 aliphatic heterocycles. The molecule has 3 aromatic rings. The van der Waals surface area contributed by atoms with Gasteiger partial charge in [0.2, 0.25) is 0 Å². The highest BCUT2D eigenvalue weighted by Gasteiger charge is 2.16. The Labute approximate surface area is 124 Å². The van der Waals surface area contributed by atoms with Crippen LogP contribution in [0.3, 0.4) is 0 Å². The van der Waals surface area contributed by atoms with E-state index in [0.29, 0.717) is 16.5 Å². The Kier molecular flexibility index (Phi) is 3.45. The highest BCUT2D eigenvalue weighted by Crippen LogP contribution is 2.20. The molecule has 0 spiro atoms. The van der Waals surface area contributed by atoms with E-state index in [0.717, 1.165) is 0 Å². The van der Waals surface area contributed by atoms with Crippen LogP contribution in [0.4, 0.5) is 5.82 Å². The molecule has 0 unspecified atom stereocenters. The molecule has 0 aromatic carbocycles. The van der Waals surface area contributed by atoms with Crippen LogP contribution in [0.5, 0.6) is 0 Å². The number of pyridine rings is 1. The predicted octanol–water partition coefficient (Wildman–Crippen LogP) is 2.45. The standard InChI is InChI=1S/C14H9N5OS/c15-8-10-9-17-19(12-5-1-2-6-16-12)13(10)18-14(20)11-4-3-7-21-11/h1-7,9H,(H,18,20). The van der Waals surface area contributed by atoms with Gasteiger partial charge in [0.25, 0.3) is 5.91 Å². The maximum Gasteiger partial charge on any atom is 0.266 e. The lowest BCUT2D eigenvalue weighted by Gasteiger charge is -2.07. The van der Waals surface area contributed by atoms with Gasteiger partial charge in [0, 0.05) is 6.20 Å². The van der Waals surface area contributed by atoms with Crippen molar-refractivity contribution in [3.05, 3.63) is 58.5 Å². The van der Waals surface area contributed by atoms with E-state index in [9.17, 15) is 4.79 Å². The van der Waals surface area contributed by atoms with Crippen molar-refractivity contribution in [2.24, 2.45) is 0 Å². The number of hydrogen-bond acceptors (Lipinski definition) is 5. The normalized spacial score (nSPS) is 10.0. The third kappa shape index (κ3) is 2.52. The SMILES string of the molecule is N#Cc1cnn(-c2ccccn2)c1NC(=O)c1cccs1. The number of aromatic nitrogens is 3. The number of thiophene rings is 1. The zero-order valence-electron chi connectivity index (χ0n) is 10.7. The van der Waals surface area contributed by atoms with Crippen LogP contribution in [0.15, 0.2) is 48.1 Å². The summed E-state index contributed by atoms with van der Waals surface area (Å²) in [5, 5.41) is 17.8. The number of nitrogens with one attached hydrogen (secondary N) is 1. The first-order chi connectivity index (χ1) is 10.3. The molecular weight excluding hydrogens is 286 g/mol. The van der Waals surface area contributed by atoms with E-state index in [1.807, 2.05) is 11.4 Å². The van der Waals surface area contributed by atoms with E-state index in [1.54, 1.807) is 36.5 Å². The van der Waals surface area contributed by atoms with Gasteiger partial charge >= 0.3 is 0 Å². The first-order valence-corrected chi connectivity index (χ1v) is 6.92. The molecule has 0 fully saturated rings. The Morgan fingerprint density at radius 2 is 2.24 bits per heavy atom. The van der Waals surface area contributed by atoms with Gasteiger partial charge in [-0.1, -0.05) is 12.1 Å². The summed E-state index contributed by atoms with van der Waals surface area (Å²) in [5.74, 6) is 0.564. The number of nitriles is 1. The second-order valence-corrected chi connectivity index (χ2v) is 5.00. The van der Waals surface area contributed by atoms with Crippen LogP contribution >= 0.6 is 11.3 Å². The van der Waals surface area contributed by atoms with Gasteiger partial charge in [0.05, 0.1) is 11.1 Å². The summed E-state index contributed by atoms with van der Waals surface area (Å²) in [6.45, 7) is 0. The van der Waals surface area contributed by atoms with Crippen LogP contribution in [0, 0.1) is 11.3 Å². The number of amides is 1. The molecule has 0 aliphatic carbocycles. The second kappa shape index (κ2) is 5.56. The molecule has 3 aromatic heterocycles. The van der Waals surface area contributed by atoms with Gasteiger partial charge in [-0.3, -0.25) is 4.79 Å². The zero-order valence-corrected chi connectivity index (χ0v) is 11.5. The third-order valence-corrected chi connectivity index (χ3v) is 3.60. The molecule has 3 heterocycles. The van der Waals surface area contributed by atoms with E-state index in [1.165, 1.54) is 22.2 Å². The maximum absolute atomic E-state index is 12.2. The van der Waals surface area contributed by atoms with Gasteiger partial charge in [-0.25, -0.2) is 4.98 Å². The number of hydrogen-bond donors (Lipinski definition) is 1. The van der Waals surface area contributed by atoms with E-state index >= 15 is 0 Å². The molecular formula is C14H9N5OS. The Hall–Kier alpha value is -2.98. The molecule has 6 nitrogen and oxygen atoms in total. The minimum absolute atomic E-state index is 0.279. The van der Waals surface area contributed by atoms with Gasteiger partial charge in [-0.05, 0) is 23.6 Å². The van der Waals surface area contributed by atoms with Crippen LogP contribution in [0.2, 0.25) is 0 Å². The summed E-state index contributed by atoms with van der Waals surface area (Å²) in [7, 11) is 0. The van der Waals surface area contributed by atoms with E-state index in [2.05, 4.69) is 15.4 Å². The fourth-order valence-corrected chi connectivity index (χ4v) is 2.40. The summed E-state index contributed by atoms with van der Waals surface area (Å²) < 4.78 is 1.43. The Morgan fingerprint density at radius 1 is 1.33 bits per heavy atom. The van der Waals surface area contributed by atoms with Crippen molar-refractivity contribution in [1.29, 1.82) is 5.26 Å². The molecule has 0 bridgehead atoms. The van der Waals surface area contributed by atoms with Crippen molar-refractivity contribution in [3.8, 4) is 11.9 Å². The molecule has 0 atom stereocenters. The van der Waals surface area contributed by atoms with Crippen molar-refractivity contribution in [1.82, 2.24) is 14.8 Å². The number of nitrogens with zero attached hydrogens (tertiary/aromatic N) is 4. The molecule has 0 saturated carbocycles. The number of carbonyl (C=O) groups excluding carboxylic acids is 1. The summed E-state index contributed by atoms with van der Waals surface area (Å²) in [4.78, 5) is 16.9. The molecule has 102 valence electrons. The molecule has 21 heavy (non-hydrogen) atoms. The highest BCUT2D eigenvalue weighted by atomic mass is 32.1. The van der Waals surface area contributed by atoms with E-state index in [4.69, 9.17) is 5.26 Å². The molecule has 3 rings (SSSR count). The Bertz CT molecular complexity index is 802. The number of rotatable bonds is 3. The largest absolute Gasteiger partial charge is 0.305 e. The Balaban J connectivity index is 2.00. The second-order valence-electron chi connectivity index (χ2n) is 4.05. The maximum atomic E-state index is 12.2. The smallest absolute Gasteiger partial charge is 0.266 e. The molecule has 0 saturated heterocycles. The summed E-state index contributed by atoms with van der Waals surface area (Å²) >= 11 is 1.33. The molecule has 0 aliphatic rings. The van der Waals surface area contributed by atoms with Crippen LogP contribution in [-0.4, -0.2) is 20.7 Å². The van der Waals surface area contributed by atoms with E-state index < -0.39 is 0 Å². The lowest BCUT2D eigenvalue weighted by Crippen LogP contribution is -2.15. The predicted molar refractivity (Wildman–Crippen MR) is 78.3 cm³/mol. The average molecular weight is 295 g/mol. The van der Waals surface area contributed by atoms with Crippen molar-refractivity contribution < 1.29 is 4.79 Å². The minimum atomic E-state index is -0.279. The molecule has 0 radical (unpaired) electrons. The highest BCUT2D eigenvalue weighted by molar-refractivity contribution is 7.12. The lowest BCUT2D eigenvalue weighted by atomic mass is 10.3. The van der Waals surface area contributed by atoms with Gasteiger partial charge in [0.15, 0.2) is 11.6 Å². The van der Waals surface area contributed by atoms with Crippen molar-refractivity contribution in [2.45, 2.75) is 0 Å². The van der Waals surface area contributed by atoms with Crippen molar-refractivity contribution >= 4 is 23.1 Å². The fourth-order valence-electron chi connectivity index (χ4n) is 1.78. The molecule has 7 heteroatoms. The molecule has 1 N–H and O–H groups in total. The topological polar surface area (TPSA) is 83.6 Å². The zero-order chi connectivity index (χ0) is 14.7. The van der Waals surface area contributed by atoms with Crippen LogP contribution in [0.1, 0.15) is 15.2 Å². The van der Waals surface area contributed by atoms with Crippen LogP contribution < -0.4 is 5.32 Å². The first kappa shape index (κ1) is 13.0. The Morgan fingerprint density at radius 3 is 2.90 bits per heavy atom. The summed E-state index contributed by atoms with van der Waals surface area (Å²) in [6.07, 6.45) is 3.02. The summed E-state index contributed by atoms with van der Waals surface area (Å²) in [6, 6.07) is 10.9. The number of anilines is 1. The minimum Gasteiger partial charge on any atom is -0.305 e. The fraction of sp³-hybridized carbons (Fsp3) is 0. The van der Waals surface area contributed by atoms with Gasteiger partial charge in [0.1, 0.15) is 11.6 Å². The lowest BCUT2D eigenvalue weighted by molar-refractivity contribution is 0.103. The molecule has 1 amide bonds.